The fourth-order valence-electron chi connectivity index (χ4n) is 12.5. The molecule has 1 aromatic carbocycles. The Kier molecular flexibility index (Phi) is 57.4. The van der Waals surface area contributed by atoms with E-state index in [1.807, 2.05) is 54.2 Å². The molecule has 9 N–H and O–H groups in total. The average molecular weight is 1930 g/mol. The van der Waals surface area contributed by atoms with Gasteiger partial charge in [-0.05, 0) is 257 Å². The van der Waals surface area contributed by atoms with E-state index in [1.54, 1.807) is 193 Å². The number of carbonyl (C=O) groups is 14. The van der Waals surface area contributed by atoms with Crippen LogP contribution in [0.4, 0.5) is 0 Å². The van der Waals surface area contributed by atoms with Gasteiger partial charge in [-0.3, -0.25) is 82.0 Å². The number of carboxylic acids is 3. The van der Waals surface area contributed by atoms with Crippen LogP contribution in [0, 0.1) is 21.9 Å². The van der Waals surface area contributed by atoms with E-state index in [9.17, 15) is 82.0 Å². The lowest BCUT2D eigenvalue weighted by Crippen LogP contribution is -2.49. The number of esters is 9. The van der Waals surface area contributed by atoms with Gasteiger partial charge in [0.25, 0.3) is 0 Å². The van der Waals surface area contributed by atoms with E-state index in [-0.39, 0.29) is 171 Å². The van der Waals surface area contributed by atoms with E-state index in [4.69, 9.17) is 79.1 Å². The van der Waals surface area contributed by atoms with Crippen LogP contribution in [0.5, 0.6) is 5.75 Å². The summed E-state index contributed by atoms with van der Waals surface area (Å²) < 4.78 is 55.5. The van der Waals surface area contributed by atoms with E-state index in [0.29, 0.717) is 31.6 Å². The smallest absolute Gasteiger partial charge is 0.306 e. The van der Waals surface area contributed by atoms with Crippen molar-refractivity contribution < 1.29 is 140 Å². The molecule has 0 bridgehead atoms. The SMILES string of the molecule is CC(=O)NC(CCC(=O)O)(CCC(=O)O)CCC(=O)O.CC(=O)NC(CCC(=O)OC(C)(C)C)(CCC(=O)OC(C)(C)C)CCC(=O)OC(C)(C)C.CC(C)(C)OC(=O)CCC(CCC(=O)OC(C)(C)C)(CCC(=O)OC(C)(C)C)[N+](=O)[O-].CC(C)(C)OC(=O)CCC(N)(CCC(=O)OC(C)(C)C)CCC(=O)OC(C)(C)C.CON=O.Cc1cc(=O)c(OCc2ccccc2)c(CN)n1C. The van der Waals surface area contributed by atoms with Gasteiger partial charge in [-0.25, -0.2) is 0 Å². The highest BCUT2D eigenvalue weighted by atomic mass is 16.7. The van der Waals surface area contributed by atoms with Crippen LogP contribution < -0.4 is 32.3 Å². The number of carboxylic acid groups (broad SMARTS) is 3. The number of rotatable bonds is 44. The van der Waals surface area contributed by atoms with Gasteiger partial charge in [0.1, 0.15) is 64.1 Å². The third-order valence-corrected chi connectivity index (χ3v) is 18.0. The molecule has 39 heteroatoms. The number of amides is 2. The number of aryl methyl sites for hydroxylation is 1. The van der Waals surface area contributed by atoms with Crippen LogP contribution in [0.15, 0.2) is 46.5 Å². The Morgan fingerprint density at radius 2 is 0.615 bits per heavy atom. The van der Waals surface area contributed by atoms with Crippen molar-refractivity contribution in [3.8, 4) is 5.75 Å². The summed E-state index contributed by atoms with van der Waals surface area (Å²) in [5.41, 5.74) is 4.27. The van der Waals surface area contributed by atoms with Crippen LogP contribution >= 0.6 is 0 Å². The van der Waals surface area contributed by atoms with Crippen LogP contribution in [0.1, 0.15) is 372 Å². The molecule has 135 heavy (non-hydrogen) atoms. The number of aliphatic carboxylic acids is 3. The largest absolute Gasteiger partial charge is 0.483 e. The Balaban J connectivity index is -0.000000795. The van der Waals surface area contributed by atoms with Crippen LogP contribution in [-0.4, -0.2) is 188 Å². The summed E-state index contributed by atoms with van der Waals surface area (Å²) in [6, 6.07) is 11.3. The maximum Gasteiger partial charge on any atom is 0.306 e. The quantitative estimate of drug-likeness (QED) is 0.0106. The first kappa shape index (κ1) is 131. The molecule has 0 aliphatic rings. The number of carbonyl (C=O) groups excluding carboxylic acids is 11. The predicted molar refractivity (Wildman–Crippen MR) is 504 cm³/mol. The fraction of sp³-hybridized carbons (Fsp3) is 0.740. The van der Waals surface area contributed by atoms with Gasteiger partial charge >= 0.3 is 71.6 Å². The number of pyridine rings is 1. The summed E-state index contributed by atoms with van der Waals surface area (Å²) in [4.78, 5) is 201. The van der Waals surface area contributed by atoms with Gasteiger partial charge in [0.15, 0.2) is 11.1 Å². The molecule has 0 radical (unpaired) electrons. The lowest BCUT2D eigenvalue weighted by Gasteiger charge is -2.35. The van der Waals surface area contributed by atoms with Crippen molar-refractivity contribution in [2.75, 3.05) is 7.11 Å². The van der Waals surface area contributed by atoms with Gasteiger partial charge < -0.3 is 94.2 Å². The second kappa shape index (κ2) is 59.3. The van der Waals surface area contributed by atoms with E-state index in [1.165, 1.54) is 21.0 Å². The zero-order valence-corrected chi connectivity index (χ0v) is 86.5. The molecular formula is C96H163N7O32. The van der Waals surface area contributed by atoms with Crippen LogP contribution in [0.2, 0.25) is 0 Å². The van der Waals surface area contributed by atoms with Crippen molar-refractivity contribution in [3.63, 3.8) is 0 Å². The van der Waals surface area contributed by atoms with Crippen LogP contribution in [0.25, 0.3) is 0 Å². The molecule has 2 aromatic rings. The monoisotopic (exact) mass is 1930 g/mol. The zero-order valence-electron chi connectivity index (χ0n) is 86.5. The first-order chi connectivity index (χ1) is 61.0. The first-order valence-electron chi connectivity index (χ1n) is 45.0. The topological polar surface area (TPSA) is 572 Å². The number of hydrogen-bond acceptors (Lipinski definition) is 32. The molecule has 0 aliphatic carbocycles. The molecule has 0 atom stereocenters. The molecular weight excluding hydrogens is 1760 g/mol. The molecule has 0 saturated heterocycles. The minimum absolute atomic E-state index is 0.0114. The van der Waals surface area contributed by atoms with Gasteiger partial charge in [-0.2, -0.15) is 0 Å². The van der Waals surface area contributed by atoms with Crippen molar-refractivity contribution in [3.05, 3.63) is 78.6 Å². The standard InChI is InChI=1S/C24H43NO7.C22H39NO8.C22H41NO6.C15H18N2O2.C12H19NO7.CH3NO2/c1-17(26)25-24(14-11-18(27)30-21(2,3)4,15-12-19(28)31-22(5,6)7)16-13-20(29)32-23(8,9)10;1-19(2,3)29-16(24)10-13-22(23(27)28,14-11-17(25)30-20(4,5)6)15-12-18(26)31-21(7,8)9;1-19(2,3)27-16(24)10-13-22(23,14-11-17(25)28-20(4,5)6)15-12-18(26)29-21(7,8)9;1-11-8-14(18)15(13(9-16)17(11)2)19-10-12-6-4-3-5-7-12;1-8(14)13-12(5-2-9(15)16,6-3-10(17)18)7-4-11(19)20;1-4-2-3/h11-16H2,1-10H3,(H,25,26);10-15H2,1-9H3;10-15,23H2,1-9H3;3-8H,9-10,16H2,1-2H3;2-7H2,1H3,(H,13,14)(H,15,16)(H,17,18)(H,19,20);1H3. The Morgan fingerprint density at radius 3 is 0.807 bits per heavy atom. The summed E-state index contributed by atoms with van der Waals surface area (Å²) >= 11 is 0. The zero-order chi connectivity index (χ0) is 106. The van der Waals surface area contributed by atoms with Crippen molar-refractivity contribution in [2.24, 2.45) is 23.9 Å². The highest BCUT2D eigenvalue weighted by Crippen LogP contribution is 2.34. The lowest BCUT2D eigenvalue weighted by atomic mass is 9.83. The van der Waals surface area contributed by atoms with E-state index < -0.39 is 137 Å². The average Bonchev–Trinajstić information content (AvgIpc) is 0.816. The highest BCUT2D eigenvalue weighted by Gasteiger charge is 2.45. The third-order valence-electron chi connectivity index (χ3n) is 18.0. The van der Waals surface area contributed by atoms with Gasteiger partial charge in [0, 0.05) is 138 Å². The van der Waals surface area contributed by atoms with Crippen LogP contribution in [-0.2, 0) is 135 Å². The van der Waals surface area contributed by atoms with Crippen molar-refractivity contribution in [1.29, 1.82) is 0 Å². The third kappa shape index (κ3) is 72.4. The fourth-order valence-corrected chi connectivity index (χ4v) is 12.5. The predicted octanol–water partition coefficient (Wildman–Crippen LogP) is 15.1. The molecule has 0 aliphatic heterocycles. The highest BCUT2D eigenvalue weighted by molar-refractivity contribution is 5.78. The van der Waals surface area contributed by atoms with Gasteiger partial charge in [0.2, 0.25) is 22.8 Å². The number of ether oxygens (including phenoxy) is 10. The minimum Gasteiger partial charge on any atom is -0.483 e. The molecule has 0 spiro atoms. The normalized spacial score (nSPS) is 12.0. The number of nitro groups is 1. The Labute approximate surface area is 797 Å². The summed E-state index contributed by atoms with van der Waals surface area (Å²) in [7, 11) is 3.08. The number of benzene rings is 1. The van der Waals surface area contributed by atoms with Crippen molar-refractivity contribution in [1.82, 2.24) is 15.2 Å². The molecule has 1 aromatic heterocycles. The molecule has 1 heterocycles. The molecule has 2 rings (SSSR count). The Hall–Kier alpha value is -10.7. The maximum atomic E-state index is 12.3. The van der Waals surface area contributed by atoms with Crippen LogP contribution in [0.3, 0.4) is 0 Å². The second-order valence-electron chi connectivity index (χ2n) is 41.9. The minimum atomic E-state index is -1.66. The lowest BCUT2D eigenvalue weighted by molar-refractivity contribution is -0.573. The van der Waals surface area contributed by atoms with E-state index in [2.05, 4.69) is 15.5 Å². The summed E-state index contributed by atoms with van der Waals surface area (Å²) in [5.74, 6) is -7.75. The first-order valence-corrected chi connectivity index (χ1v) is 45.0. The summed E-state index contributed by atoms with van der Waals surface area (Å²) in [6.45, 7) is 52.6. The molecule has 2 amide bonds. The van der Waals surface area contributed by atoms with Gasteiger partial charge in [-0.1, -0.05) is 30.3 Å². The molecule has 0 unspecified atom stereocenters. The molecule has 39 nitrogen and oxygen atoms in total. The second-order valence-corrected chi connectivity index (χ2v) is 41.9. The summed E-state index contributed by atoms with van der Waals surface area (Å²) in [5, 5.41) is 45.6. The van der Waals surface area contributed by atoms with Gasteiger partial charge in [-0.15, -0.1) is 4.91 Å². The van der Waals surface area contributed by atoms with Crippen molar-refractivity contribution in [2.45, 2.75) is 448 Å². The number of aromatic nitrogens is 1. The molecule has 0 saturated carbocycles. The van der Waals surface area contributed by atoms with Gasteiger partial charge in [0.05, 0.1) is 25.0 Å². The number of nitrogens with one attached hydrogen (secondary N) is 2. The van der Waals surface area contributed by atoms with E-state index in [0.717, 1.165) is 17.0 Å². The Bertz CT molecular complexity index is 3890. The number of nitrogens with two attached hydrogens (primary N) is 2. The van der Waals surface area contributed by atoms with E-state index >= 15 is 0 Å². The molecule has 0 fully saturated rings. The maximum absolute atomic E-state index is 12.3. The Morgan fingerprint density at radius 1 is 0.400 bits per heavy atom. The number of nitrogens with zero attached hydrogens (tertiary/aromatic N) is 3. The number of hydrogen-bond donors (Lipinski definition) is 7. The van der Waals surface area contributed by atoms with Crippen molar-refractivity contribution >= 4 is 83.4 Å². The summed E-state index contributed by atoms with van der Waals surface area (Å²) in [6.07, 6.45) is -0.0399. The molecule has 774 valence electrons.